The molecular weight excluding hydrogens is 364 g/mol. The predicted molar refractivity (Wildman–Crippen MR) is 107 cm³/mol. The molecule has 1 amide bonds. The minimum Gasteiger partial charge on any atom is -0.489 e. The maximum Gasteiger partial charge on any atom is 0.262 e. The van der Waals surface area contributed by atoms with E-state index in [4.69, 9.17) is 4.74 Å². The van der Waals surface area contributed by atoms with Gasteiger partial charge in [0.05, 0.1) is 16.7 Å². The van der Waals surface area contributed by atoms with Crippen LogP contribution in [0.5, 0.6) is 5.75 Å². The normalized spacial score (nSPS) is 11.5. The first-order valence-corrected chi connectivity index (χ1v) is 10.3. The fourth-order valence-corrected chi connectivity index (χ4v) is 3.37. The molecule has 2 rings (SSSR count). The van der Waals surface area contributed by atoms with Gasteiger partial charge in [-0.3, -0.25) is 9.52 Å². The van der Waals surface area contributed by atoms with Crippen LogP contribution in [0.25, 0.3) is 0 Å². The van der Waals surface area contributed by atoms with Crippen molar-refractivity contribution >= 4 is 21.6 Å². The number of ether oxygens (including phenoxy) is 1. The standard InChI is InChI=1S/C20H26N2O4S/c1-14(2)13-21-20(23)16-9-11-17(12-10-16)27(24,25)22-18-7-5-6-8-19(18)26-15(3)4/h5-12,14-15,22H,13H2,1-4H3,(H,21,23). The number of nitrogens with one attached hydrogen (secondary N) is 2. The van der Waals surface area contributed by atoms with Crippen molar-refractivity contribution in [2.75, 3.05) is 11.3 Å². The summed E-state index contributed by atoms with van der Waals surface area (Å²) >= 11 is 0. The van der Waals surface area contributed by atoms with E-state index in [-0.39, 0.29) is 16.9 Å². The third-order valence-electron chi connectivity index (χ3n) is 3.59. The average molecular weight is 391 g/mol. The first kappa shape index (κ1) is 20.8. The smallest absolute Gasteiger partial charge is 0.262 e. The summed E-state index contributed by atoms with van der Waals surface area (Å²) in [5.74, 6) is 0.572. The zero-order valence-corrected chi connectivity index (χ0v) is 16.8. The fourth-order valence-electron chi connectivity index (χ4n) is 2.30. The summed E-state index contributed by atoms with van der Waals surface area (Å²) in [4.78, 5) is 12.1. The van der Waals surface area contributed by atoms with Crippen molar-refractivity contribution in [2.24, 2.45) is 5.92 Å². The maximum atomic E-state index is 12.7. The molecule has 0 fully saturated rings. The molecule has 2 aromatic rings. The highest BCUT2D eigenvalue weighted by Crippen LogP contribution is 2.27. The Morgan fingerprint density at radius 3 is 2.22 bits per heavy atom. The van der Waals surface area contributed by atoms with Crippen LogP contribution in [0, 0.1) is 5.92 Å². The van der Waals surface area contributed by atoms with E-state index in [1.165, 1.54) is 24.3 Å². The van der Waals surface area contributed by atoms with Crippen molar-refractivity contribution in [1.82, 2.24) is 5.32 Å². The number of hydrogen-bond donors (Lipinski definition) is 2. The molecule has 27 heavy (non-hydrogen) atoms. The SMILES string of the molecule is CC(C)CNC(=O)c1ccc(S(=O)(=O)Nc2ccccc2OC(C)C)cc1. The van der Waals surface area contributed by atoms with Crippen LogP contribution in [-0.2, 0) is 10.0 Å². The Bertz CT molecular complexity index is 875. The van der Waals surface area contributed by atoms with Crippen molar-refractivity contribution < 1.29 is 17.9 Å². The number of rotatable bonds is 8. The molecule has 0 saturated heterocycles. The lowest BCUT2D eigenvalue weighted by atomic mass is 10.2. The number of para-hydroxylation sites is 2. The molecule has 0 spiro atoms. The molecule has 2 aromatic carbocycles. The Kier molecular flexibility index (Phi) is 6.85. The van der Waals surface area contributed by atoms with Crippen molar-refractivity contribution in [3.8, 4) is 5.75 Å². The second-order valence-corrected chi connectivity index (χ2v) is 8.58. The van der Waals surface area contributed by atoms with Crippen LogP contribution in [0.2, 0.25) is 0 Å². The molecule has 0 bridgehead atoms. The van der Waals surface area contributed by atoms with Gasteiger partial charge in [0.2, 0.25) is 0 Å². The second kappa shape index (κ2) is 8.90. The van der Waals surface area contributed by atoms with Gasteiger partial charge in [-0.1, -0.05) is 26.0 Å². The van der Waals surface area contributed by atoms with E-state index >= 15 is 0 Å². The van der Waals surface area contributed by atoms with Crippen molar-refractivity contribution in [2.45, 2.75) is 38.7 Å². The minimum atomic E-state index is -3.80. The third kappa shape index (κ3) is 5.99. The van der Waals surface area contributed by atoms with Crippen molar-refractivity contribution in [3.63, 3.8) is 0 Å². The highest BCUT2D eigenvalue weighted by molar-refractivity contribution is 7.92. The monoisotopic (exact) mass is 390 g/mol. The van der Waals surface area contributed by atoms with E-state index in [0.29, 0.717) is 29.5 Å². The van der Waals surface area contributed by atoms with Crippen LogP contribution in [0.3, 0.4) is 0 Å². The van der Waals surface area contributed by atoms with Gasteiger partial charge in [0.25, 0.3) is 15.9 Å². The van der Waals surface area contributed by atoms with E-state index in [1.807, 2.05) is 27.7 Å². The second-order valence-electron chi connectivity index (χ2n) is 6.90. The number of carbonyl (C=O) groups is 1. The first-order chi connectivity index (χ1) is 12.7. The summed E-state index contributed by atoms with van der Waals surface area (Å²) in [6, 6.07) is 12.7. The molecule has 0 radical (unpaired) electrons. The van der Waals surface area contributed by atoms with Crippen LogP contribution >= 0.6 is 0 Å². The maximum absolute atomic E-state index is 12.7. The summed E-state index contributed by atoms with van der Waals surface area (Å²) in [6.07, 6.45) is -0.0840. The van der Waals surface area contributed by atoms with Crippen LogP contribution in [0.4, 0.5) is 5.69 Å². The summed E-state index contributed by atoms with van der Waals surface area (Å²) in [6.45, 7) is 8.31. The molecule has 0 atom stereocenters. The van der Waals surface area contributed by atoms with E-state index in [2.05, 4.69) is 10.0 Å². The number of anilines is 1. The Balaban J connectivity index is 2.17. The Labute approximate surface area is 161 Å². The number of amides is 1. The summed E-state index contributed by atoms with van der Waals surface area (Å²) in [5.41, 5.74) is 0.781. The summed E-state index contributed by atoms with van der Waals surface area (Å²) < 4.78 is 33.5. The average Bonchev–Trinajstić information content (AvgIpc) is 2.61. The molecule has 0 saturated carbocycles. The summed E-state index contributed by atoms with van der Waals surface area (Å²) in [5, 5.41) is 2.80. The van der Waals surface area contributed by atoms with Crippen LogP contribution in [0.15, 0.2) is 53.4 Å². The lowest BCUT2D eigenvalue weighted by molar-refractivity contribution is 0.0949. The third-order valence-corrected chi connectivity index (χ3v) is 4.97. The van der Waals surface area contributed by atoms with Crippen molar-refractivity contribution in [3.05, 3.63) is 54.1 Å². The molecule has 0 heterocycles. The zero-order valence-electron chi connectivity index (χ0n) is 16.0. The molecule has 0 unspecified atom stereocenters. The molecule has 0 aromatic heterocycles. The molecule has 7 heteroatoms. The van der Waals surface area contributed by atoms with Crippen LogP contribution in [-0.4, -0.2) is 27.0 Å². The molecule has 0 aliphatic rings. The Morgan fingerprint density at radius 1 is 1.00 bits per heavy atom. The minimum absolute atomic E-state index is 0.0715. The highest BCUT2D eigenvalue weighted by atomic mass is 32.2. The largest absolute Gasteiger partial charge is 0.489 e. The van der Waals surface area contributed by atoms with E-state index in [1.54, 1.807) is 24.3 Å². The molecule has 146 valence electrons. The molecule has 0 aliphatic carbocycles. The Morgan fingerprint density at radius 2 is 1.63 bits per heavy atom. The lowest BCUT2D eigenvalue weighted by Crippen LogP contribution is -2.27. The van der Waals surface area contributed by atoms with Gasteiger partial charge in [0.1, 0.15) is 5.75 Å². The molecule has 0 aliphatic heterocycles. The van der Waals surface area contributed by atoms with Crippen molar-refractivity contribution in [1.29, 1.82) is 0 Å². The Hall–Kier alpha value is -2.54. The topological polar surface area (TPSA) is 84.5 Å². The zero-order chi connectivity index (χ0) is 20.0. The van der Waals surface area contributed by atoms with Gasteiger partial charge in [-0.25, -0.2) is 8.42 Å². The quantitative estimate of drug-likeness (QED) is 0.720. The molecule has 6 nitrogen and oxygen atoms in total. The number of sulfonamides is 1. The summed E-state index contributed by atoms with van der Waals surface area (Å²) in [7, 11) is -3.80. The van der Waals surface area contributed by atoms with Gasteiger partial charge in [0, 0.05) is 12.1 Å². The van der Waals surface area contributed by atoms with E-state index in [0.717, 1.165) is 0 Å². The van der Waals surface area contributed by atoms with E-state index in [9.17, 15) is 13.2 Å². The molecule has 2 N–H and O–H groups in total. The first-order valence-electron chi connectivity index (χ1n) is 8.86. The fraction of sp³-hybridized carbons (Fsp3) is 0.350. The van der Waals surface area contributed by atoms with Gasteiger partial charge in [0.15, 0.2) is 0 Å². The number of benzene rings is 2. The number of hydrogen-bond acceptors (Lipinski definition) is 4. The highest BCUT2D eigenvalue weighted by Gasteiger charge is 2.17. The lowest BCUT2D eigenvalue weighted by Gasteiger charge is -2.15. The van der Waals surface area contributed by atoms with Crippen LogP contribution < -0.4 is 14.8 Å². The van der Waals surface area contributed by atoms with Gasteiger partial charge >= 0.3 is 0 Å². The van der Waals surface area contributed by atoms with Gasteiger partial charge in [-0.15, -0.1) is 0 Å². The van der Waals surface area contributed by atoms with Gasteiger partial charge < -0.3 is 10.1 Å². The predicted octanol–water partition coefficient (Wildman–Crippen LogP) is 3.66. The van der Waals surface area contributed by atoms with Gasteiger partial charge in [-0.2, -0.15) is 0 Å². The van der Waals surface area contributed by atoms with Gasteiger partial charge in [-0.05, 0) is 56.2 Å². The van der Waals surface area contributed by atoms with Crippen LogP contribution in [0.1, 0.15) is 38.1 Å². The van der Waals surface area contributed by atoms with E-state index < -0.39 is 10.0 Å². The molecular formula is C20H26N2O4S. The number of carbonyl (C=O) groups excluding carboxylic acids is 1.